The Morgan fingerprint density at radius 2 is 2.05 bits per heavy atom. The summed E-state index contributed by atoms with van der Waals surface area (Å²) in [4.78, 5) is 4.48. The molecule has 1 aliphatic rings. The largest absolute Gasteiger partial charge is 0.394 e. The summed E-state index contributed by atoms with van der Waals surface area (Å²) in [6, 6.07) is 14.4. The monoisotopic (exact) mass is 254 g/mol. The molecule has 1 aromatic carbocycles. The number of hydrogen-bond acceptors (Lipinski definition) is 3. The molecular formula is C16H18N2O. The smallest absolute Gasteiger partial charge is 0.0626 e. The van der Waals surface area contributed by atoms with Gasteiger partial charge in [0.15, 0.2) is 0 Å². The molecule has 3 heteroatoms. The van der Waals surface area contributed by atoms with E-state index in [1.54, 1.807) is 0 Å². The fourth-order valence-corrected chi connectivity index (χ4v) is 2.76. The highest BCUT2D eigenvalue weighted by atomic mass is 16.3. The van der Waals surface area contributed by atoms with Crippen molar-refractivity contribution in [3.63, 3.8) is 0 Å². The van der Waals surface area contributed by atoms with Crippen molar-refractivity contribution in [1.82, 2.24) is 10.3 Å². The first-order valence-electron chi connectivity index (χ1n) is 6.74. The summed E-state index contributed by atoms with van der Waals surface area (Å²) in [6.07, 6.45) is 3.96. The molecule has 0 spiro atoms. The number of nitrogens with zero attached hydrogens (tertiary/aromatic N) is 1. The van der Waals surface area contributed by atoms with Crippen LogP contribution in [0.1, 0.15) is 35.3 Å². The minimum atomic E-state index is -0.0286. The maximum atomic E-state index is 9.60. The Labute approximate surface area is 113 Å². The van der Waals surface area contributed by atoms with Crippen molar-refractivity contribution in [2.75, 3.05) is 6.61 Å². The van der Waals surface area contributed by atoms with Crippen molar-refractivity contribution in [1.29, 1.82) is 0 Å². The van der Waals surface area contributed by atoms with Crippen LogP contribution in [0.15, 0.2) is 48.7 Å². The number of fused-ring (bicyclic) bond motifs is 1. The van der Waals surface area contributed by atoms with Gasteiger partial charge < -0.3 is 5.11 Å². The topological polar surface area (TPSA) is 45.1 Å². The van der Waals surface area contributed by atoms with Gasteiger partial charge in [0.2, 0.25) is 0 Å². The zero-order chi connectivity index (χ0) is 13.1. The zero-order valence-electron chi connectivity index (χ0n) is 10.8. The van der Waals surface area contributed by atoms with Crippen LogP contribution in [0.4, 0.5) is 0 Å². The van der Waals surface area contributed by atoms with Gasteiger partial charge in [0.25, 0.3) is 0 Å². The van der Waals surface area contributed by atoms with Gasteiger partial charge in [-0.3, -0.25) is 10.3 Å². The number of rotatable bonds is 4. The van der Waals surface area contributed by atoms with E-state index in [2.05, 4.69) is 16.4 Å². The third-order valence-corrected chi connectivity index (χ3v) is 3.75. The van der Waals surface area contributed by atoms with Crippen LogP contribution >= 0.6 is 0 Å². The molecule has 1 aromatic heterocycles. The number of aryl methyl sites for hydroxylation is 1. The number of aliphatic hydroxyl groups is 1. The van der Waals surface area contributed by atoms with Gasteiger partial charge >= 0.3 is 0 Å². The van der Waals surface area contributed by atoms with E-state index in [1.165, 1.54) is 5.56 Å². The Hall–Kier alpha value is -1.71. The zero-order valence-corrected chi connectivity index (χ0v) is 10.8. The summed E-state index contributed by atoms with van der Waals surface area (Å²) in [6.45, 7) is 0.0999. The molecule has 0 saturated carbocycles. The first-order chi connectivity index (χ1) is 9.38. The molecule has 19 heavy (non-hydrogen) atoms. The summed E-state index contributed by atoms with van der Waals surface area (Å²) in [5.41, 5.74) is 3.58. The van der Waals surface area contributed by atoms with Crippen molar-refractivity contribution in [3.8, 4) is 0 Å². The van der Waals surface area contributed by atoms with Gasteiger partial charge in [0.05, 0.1) is 24.4 Å². The maximum absolute atomic E-state index is 9.60. The van der Waals surface area contributed by atoms with E-state index < -0.39 is 0 Å². The van der Waals surface area contributed by atoms with Crippen LogP contribution in [-0.2, 0) is 6.42 Å². The van der Waals surface area contributed by atoms with Crippen molar-refractivity contribution in [2.24, 2.45) is 0 Å². The highest BCUT2D eigenvalue weighted by Gasteiger charge is 2.25. The summed E-state index contributed by atoms with van der Waals surface area (Å²) in [5.74, 6) is 0. The highest BCUT2D eigenvalue weighted by molar-refractivity contribution is 5.29. The molecule has 2 unspecified atom stereocenters. The maximum Gasteiger partial charge on any atom is 0.0626 e. The summed E-state index contributed by atoms with van der Waals surface area (Å²) >= 11 is 0. The van der Waals surface area contributed by atoms with Gasteiger partial charge in [0, 0.05) is 6.20 Å². The molecule has 3 rings (SSSR count). The Morgan fingerprint density at radius 3 is 2.84 bits per heavy atom. The average Bonchev–Trinajstić information content (AvgIpc) is 2.89. The predicted octanol–water partition coefficient (Wildman–Crippen LogP) is 2.39. The van der Waals surface area contributed by atoms with E-state index >= 15 is 0 Å². The highest BCUT2D eigenvalue weighted by Crippen LogP contribution is 2.31. The second-order valence-electron chi connectivity index (χ2n) is 4.95. The molecule has 2 aromatic rings. The van der Waals surface area contributed by atoms with E-state index in [9.17, 15) is 5.11 Å². The van der Waals surface area contributed by atoms with Gasteiger partial charge in [0.1, 0.15) is 0 Å². The van der Waals surface area contributed by atoms with Gasteiger partial charge in [-0.1, -0.05) is 36.4 Å². The lowest BCUT2D eigenvalue weighted by molar-refractivity contribution is 0.232. The van der Waals surface area contributed by atoms with Crippen LogP contribution in [0.2, 0.25) is 0 Å². The third-order valence-electron chi connectivity index (χ3n) is 3.75. The van der Waals surface area contributed by atoms with Crippen LogP contribution in [0.3, 0.4) is 0 Å². The Morgan fingerprint density at radius 1 is 1.21 bits per heavy atom. The first-order valence-corrected chi connectivity index (χ1v) is 6.74. The van der Waals surface area contributed by atoms with Crippen LogP contribution in [0.5, 0.6) is 0 Å². The van der Waals surface area contributed by atoms with E-state index in [1.807, 2.05) is 42.6 Å². The van der Waals surface area contributed by atoms with Crippen LogP contribution in [-0.4, -0.2) is 16.7 Å². The van der Waals surface area contributed by atoms with Gasteiger partial charge in [-0.2, -0.15) is 0 Å². The standard InChI is InChI=1S/C16H18N2O/c19-11-15(12-5-2-1-3-6-12)18-14-9-8-13-7-4-10-17-16(13)14/h1-7,10,14-15,18-19H,8-9,11H2. The normalized spacial score (nSPS) is 19.1. The van der Waals surface area contributed by atoms with E-state index in [0.29, 0.717) is 0 Å². The minimum absolute atomic E-state index is 0.0286. The van der Waals surface area contributed by atoms with Crippen molar-refractivity contribution >= 4 is 0 Å². The second kappa shape index (κ2) is 5.51. The number of hydrogen-bond donors (Lipinski definition) is 2. The molecular weight excluding hydrogens is 236 g/mol. The Kier molecular flexibility index (Phi) is 3.58. The fraction of sp³-hybridized carbons (Fsp3) is 0.312. The summed E-state index contributed by atoms with van der Waals surface area (Å²) in [5, 5.41) is 13.1. The lowest BCUT2D eigenvalue weighted by atomic mass is 10.1. The van der Waals surface area contributed by atoms with Crippen LogP contribution < -0.4 is 5.32 Å². The second-order valence-corrected chi connectivity index (χ2v) is 4.95. The quantitative estimate of drug-likeness (QED) is 0.880. The molecule has 0 fully saturated rings. The molecule has 0 bridgehead atoms. The predicted molar refractivity (Wildman–Crippen MR) is 74.7 cm³/mol. The van der Waals surface area contributed by atoms with Gasteiger partial charge in [-0.25, -0.2) is 0 Å². The van der Waals surface area contributed by atoms with Gasteiger partial charge in [-0.15, -0.1) is 0 Å². The molecule has 2 atom stereocenters. The number of aromatic nitrogens is 1. The molecule has 1 aliphatic carbocycles. The van der Waals surface area contributed by atoms with Crippen LogP contribution in [0.25, 0.3) is 0 Å². The van der Waals surface area contributed by atoms with E-state index in [4.69, 9.17) is 0 Å². The summed E-state index contributed by atoms with van der Waals surface area (Å²) in [7, 11) is 0. The Bertz CT molecular complexity index is 541. The molecule has 2 N–H and O–H groups in total. The fourth-order valence-electron chi connectivity index (χ4n) is 2.76. The SMILES string of the molecule is OCC(NC1CCc2cccnc21)c1ccccc1. The molecule has 0 aliphatic heterocycles. The number of pyridine rings is 1. The van der Waals surface area contributed by atoms with Gasteiger partial charge in [-0.05, 0) is 30.0 Å². The van der Waals surface area contributed by atoms with Crippen LogP contribution in [0, 0.1) is 0 Å². The number of benzene rings is 1. The summed E-state index contributed by atoms with van der Waals surface area (Å²) < 4.78 is 0. The molecule has 0 radical (unpaired) electrons. The lowest BCUT2D eigenvalue weighted by Gasteiger charge is -2.21. The Balaban J connectivity index is 1.78. The molecule has 3 nitrogen and oxygen atoms in total. The van der Waals surface area contributed by atoms with Crippen molar-refractivity contribution < 1.29 is 5.11 Å². The first kappa shape index (κ1) is 12.3. The average molecular weight is 254 g/mol. The molecule has 98 valence electrons. The number of aliphatic hydroxyl groups excluding tert-OH is 1. The lowest BCUT2D eigenvalue weighted by Crippen LogP contribution is -2.28. The van der Waals surface area contributed by atoms with E-state index in [-0.39, 0.29) is 18.7 Å². The third kappa shape index (κ3) is 2.53. The minimum Gasteiger partial charge on any atom is -0.394 e. The molecule has 0 saturated heterocycles. The van der Waals surface area contributed by atoms with Crippen molar-refractivity contribution in [2.45, 2.75) is 24.9 Å². The van der Waals surface area contributed by atoms with E-state index in [0.717, 1.165) is 24.1 Å². The number of nitrogens with one attached hydrogen (secondary N) is 1. The van der Waals surface area contributed by atoms with Crippen molar-refractivity contribution in [3.05, 3.63) is 65.5 Å². The molecule has 1 heterocycles. The molecule has 0 amide bonds.